The van der Waals surface area contributed by atoms with E-state index in [1.165, 1.54) is 11.6 Å². The van der Waals surface area contributed by atoms with E-state index in [1.54, 1.807) is 11.0 Å². The van der Waals surface area contributed by atoms with E-state index in [0.717, 1.165) is 49.1 Å². The molecule has 2 aliphatic heterocycles. The van der Waals surface area contributed by atoms with Crippen LogP contribution in [-0.2, 0) is 4.74 Å². The molecule has 0 spiro atoms. The molecule has 0 saturated carbocycles. The smallest absolute Gasteiger partial charge is 0.414 e. The number of halogens is 1. The van der Waals surface area contributed by atoms with Gasteiger partial charge in [0.1, 0.15) is 11.9 Å². The van der Waals surface area contributed by atoms with Gasteiger partial charge in [-0.05, 0) is 67.7 Å². The molecule has 6 heteroatoms. The Morgan fingerprint density at radius 2 is 1.90 bits per heavy atom. The highest BCUT2D eigenvalue weighted by atomic mass is 19.1. The first-order valence-corrected chi connectivity index (χ1v) is 10.2. The van der Waals surface area contributed by atoms with Gasteiger partial charge in [-0.3, -0.25) is 9.80 Å². The number of rotatable bonds is 4. The van der Waals surface area contributed by atoms with Crippen molar-refractivity contribution in [1.29, 1.82) is 0 Å². The number of piperidine rings is 1. The van der Waals surface area contributed by atoms with Crippen LogP contribution in [0, 0.1) is 5.82 Å². The SMILES string of the molecule is O=C1OC(CN2CCC(c3c[nH]c4cc(F)ccc34)CC2)CN1c1ccccc1. The number of anilines is 1. The summed E-state index contributed by atoms with van der Waals surface area (Å²) >= 11 is 0. The van der Waals surface area contributed by atoms with Crippen molar-refractivity contribution in [2.24, 2.45) is 0 Å². The lowest BCUT2D eigenvalue weighted by Crippen LogP contribution is -2.39. The maximum Gasteiger partial charge on any atom is 0.414 e. The van der Waals surface area contributed by atoms with E-state index in [9.17, 15) is 9.18 Å². The summed E-state index contributed by atoms with van der Waals surface area (Å²) in [5.74, 6) is 0.258. The highest BCUT2D eigenvalue weighted by Crippen LogP contribution is 2.33. The van der Waals surface area contributed by atoms with Crippen molar-refractivity contribution in [2.75, 3.05) is 31.1 Å². The Hall–Kier alpha value is -2.86. The Labute approximate surface area is 169 Å². The van der Waals surface area contributed by atoms with Crippen molar-refractivity contribution in [3.8, 4) is 0 Å². The summed E-state index contributed by atoms with van der Waals surface area (Å²) in [6.45, 7) is 3.30. The van der Waals surface area contributed by atoms with Crippen molar-refractivity contribution < 1.29 is 13.9 Å². The summed E-state index contributed by atoms with van der Waals surface area (Å²) in [5, 5.41) is 1.12. The third-order valence-corrected chi connectivity index (χ3v) is 6.11. The lowest BCUT2D eigenvalue weighted by atomic mass is 9.89. The number of likely N-dealkylation sites (tertiary alicyclic amines) is 1. The quantitative estimate of drug-likeness (QED) is 0.709. The number of fused-ring (bicyclic) bond motifs is 1. The molecule has 3 aromatic rings. The molecule has 0 radical (unpaired) electrons. The predicted molar refractivity (Wildman–Crippen MR) is 111 cm³/mol. The van der Waals surface area contributed by atoms with Gasteiger partial charge in [-0.1, -0.05) is 18.2 Å². The number of ether oxygens (including phenoxy) is 1. The van der Waals surface area contributed by atoms with Crippen LogP contribution in [0.25, 0.3) is 10.9 Å². The zero-order chi connectivity index (χ0) is 19.8. The van der Waals surface area contributed by atoms with Crippen molar-refractivity contribution >= 4 is 22.7 Å². The molecule has 1 atom stereocenters. The van der Waals surface area contributed by atoms with E-state index in [-0.39, 0.29) is 18.0 Å². The maximum absolute atomic E-state index is 13.4. The van der Waals surface area contributed by atoms with E-state index in [2.05, 4.69) is 9.88 Å². The number of carbonyl (C=O) groups is 1. The summed E-state index contributed by atoms with van der Waals surface area (Å²) in [4.78, 5) is 19.5. The normalized spacial score (nSPS) is 21.1. The number of carbonyl (C=O) groups excluding carboxylic acids is 1. The Kier molecular flexibility index (Phi) is 4.72. The van der Waals surface area contributed by atoms with Gasteiger partial charge in [0.15, 0.2) is 0 Å². The third-order valence-electron chi connectivity index (χ3n) is 6.11. The Morgan fingerprint density at radius 3 is 2.69 bits per heavy atom. The molecular weight excluding hydrogens is 369 g/mol. The number of amides is 1. The number of hydrogen-bond acceptors (Lipinski definition) is 3. The molecule has 1 unspecified atom stereocenters. The molecule has 2 aromatic carbocycles. The van der Waals surface area contributed by atoms with Crippen LogP contribution in [0.2, 0.25) is 0 Å². The minimum atomic E-state index is -0.262. The van der Waals surface area contributed by atoms with Crippen LogP contribution in [0.1, 0.15) is 24.3 Å². The van der Waals surface area contributed by atoms with Crippen molar-refractivity contribution in [1.82, 2.24) is 9.88 Å². The van der Waals surface area contributed by atoms with Crippen molar-refractivity contribution in [2.45, 2.75) is 24.9 Å². The summed E-state index contributed by atoms with van der Waals surface area (Å²) in [7, 11) is 0. The van der Waals surface area contributed by atoms with Gasteiger partial charge in [-0.25, -0.2) is 9.18 Å². The van der Waals surface area contributed by atoms with Crippen LogP contribution < -0.4 is 4.90 Å². The molecule has 29 heavy (non-hydrogen) atoms. The van der Waals surface area contributed by atoms with Gasteiger partial charge in [0.2, 0.25) is 0 Å². The maximum atomic E-state index is 13.4. The molecule has 150 valence electrons. The van der Waals surface area contributed by atoms with E-state index < -0.39 is 0 Å². The number of H-pyrrole nitrogens is 1. The number of cyclic esters (lactones) is 1. The molecule has 3 heterocycles. The number of nitrogens with zero attached hydrogens (tertiary/aromatic N) is 2. The Balaban J connectivity index is 1.19. The Morgan fingerprint density at radius 1 is 1.10 bits per heavy atom. The lowest BCUT2D eigenvalue weighted by molar-refractivity contribution is 0.0977. The van der Waals surface area contributed by atoms with Crippen LogP contribution in [0.3, 0.4) is 0 Å². The number of aromatic amines is 1. The van der Waals surface area contributed by atoms with Gasteiger partial charge in [-0.2, -0.15) is 0 Å². The van der Waals surface area contributed by atoms with Gasteiger partial charge in [0.05, 0.1) is 6.54 Å². The molecule has 1 aromatic heterocycles. The summed E-state index contributed by atoms with van der Waals surface area (Å²) in [5.41, 5.74) is 3.03. The largest absolute Gasteiger partial charge is 0.443 e. The van der Waals surface area contributed by atoms with E-state index >= 15 is 0 Å². The first kappa shape index (κ1) is 18.2. The predicted octanol–water partition coefficient (Wildman–Crippen LogP) is 4.51. The van der Waals surface area contributed by atoms with Crippen molar-refractivity contribution in [3.05, 3.63) is 66.1 Å². The summed E-state index contributed by atoms with van der Waals surface area (Å²) < 4.78 is 19.0. The molecular formula is C23H24FN3O2. The van der Waals surface area contributed by atoms with Crippen LogP contribution in [0.5, 0.6) is 0 Å². The molecule has 0 bridgehead atoms. The molecule has 1 N–H and O–H groups in total. The van der Waals surface area contributed by atoms with Gasteiger partial charge in [-0.15, -0.1) is 0 Å². The van der Waals surface area contributed by atoms with Gasteiger partial charge >= 0.3 is 6.09 Å². The molecule has 0 aliphatic carbocycles. The Bertz CT molecular complexity index is 1010. The van der Waals surface area contributed by atoms with Crippen LogP contribution in [0.15, 0.2) is 54.7 Å². The fraction of sp³-hybridized carbons (Fsp3) is 0.348. The van der Waals surface area contributed by atoms with E-state index in [1.807, 2.05) is 42.6 Å². The zero-order valence-corrected chi connectivity index (χ0v) is 16.2. The number of para-hydroxylation sites is 1. The number of nitrogens with one attached hydrogen (secondary N) is 1. The second kappa shape index (κ2) is 7.52. The molecule has 5 rings (SSSR count). The monoisotopic (exact) mass is 393 g/mol. The molecule has 5 nitrogen and oxygen atoms in total. The van der Waals surface area contributed by atoms with Gasteiger partial charge in [0.25, 0.3) is 0 Å². The molecule has 1 amide bonds. The highest BCUT2D eigenvalue weighted by molar-refractivity contribution is 5.89. The van der Waals surface area contributed by atoms with Crippen LogP contribution >= 0.6 is 0 Å². The first-order valence-electron chi connectivity index (χ1n) is 10.2. The molecule has 2 fully saturated rings. The van der Waals surface area contributed by atoms with Gasteiger partial charge in [0, 0.05) is 29.3 Å². The minimum absolute atomic E-state index is 0.102. The highest BCUT2D eigenvalue weighted by Gasteiger charge is 2.34. The van der Waals surface area contributed by atoms with Crippen molar-refractivity contribution in [3.63, 3.8) is 0 Å². The molecule has 2 saturated heterocycles. The third kappa shape index (κ3) is 3.60. The lowest BCUT2D eigenvalue weighted by Gasteiger charge is -2.32. The summed E-state index contributed by atoms with van der Waals surface area (Å²) in [6.07, 6.45) is 3.76. The fourth-order valence-corrected chi connectivity index (χ4v) is 4.61. The number of benzene rings is 2. The van der Waals surface area contributed by atoms with E-state index in [0.29, 0.717) is 12.5 Å². The van der Waals surface area contributed by atoms with Gasteiger partial charge < -0.3 is 9.72 Å². The molecule has 2 aliphatic rings. The first-order chi connectivity index (χ1) is 14.2. The summed E-state index contributed by atoms with van der Waals surface area (Å²) in [6, 6.07) is 14.6. The second-order valence-corrected chi connectivity index (χ2v) is 7.96. The number of aromatic nitrogens is 1. The zero-order valence-electron chi connectivity index (χ0n) is 16.2. The van der Waals surface area contributed by atoms with E-state index in [4.69, 9.17) is 4.74 Å². The topological polar surface area (TPSA) is 48.6 Å². The minimum Gasteiger partial charge on any atom is -0.443 e. The standard InChI is InChI=1S/C23H24FN3O2/c24-17-6-7-20-21(13-25-22(20)12-17)16-8-10-26(11-9-16)14-19-15-27(23(28)29-19)18-4-2-1-3-5-18/h1-7,12-13,16,19,25H,8-11,14-15H2. The average Bonchev–Trinajstić information content (AvgIpc) is 3.32. The van der Waals surface area contributed by atoms with Crippen LogP contribution in [0.4, 0.5) is 14.9 Å². The second-order valence-electron chi connectivity index (χ2n) is 7.96. The number of hydrogen-bond donors (Lipinski definition) is 1. The average molecular weight is 393 g/mol. The fourth-order valence-electron chi connectivity index (χ4n) is 4.61. The van der Waals surface area contributed by atoms with Crippen LogP contribution in [-0.4, -0.2) is 48.3 Å².